The molecule has 1 N–H and O–H groups in total. The molecule has 3 aromatic rings. The fraction of sp³-hybridized carbons (Fsp3) is 0.133. The first-order valence-corrected chi connectivity index (χ1v) is 10.6. The van der Waals surface area contributed by atoms with Gasteiger partial charge in [-0.3, -0.25) is 4.72 Å². The molecule has 0 aliphatic rings. The minimum atomic E-state index is -4.18. The lowest BCUT2D eigenvalue weighted by atomic mass is 10.3. The Morgan fingerprint density at radius 2 is 1.71 bits per heavy atom. The van der Waals surface area contributed by atoms with E-state index in [1.807, 2.05) is 0 Å². The van der Waals surface area contributed by atoms with Crippen molar-refractivity contribution in [1.29, 1.82) is 0 Å². The Morgan fingerprint density at radius 1 is 1.00 bits per heavy atom. The number of hydrogen-bond donors (Lipinski definition) is 1. The van der Waals surface area contributed by atoms with Gasteiger partial charge in [-0.1, -0.05) is 6.07 Å². The summed E-state index contributed by atoms with van der Waals surface area (Å²) in [5, 5.41) is 2.86. The molecule has 148 valence electrons. The zero-order chi connectivity index (χ0) is 20.4. The van der Waals surface area contributed by atoms with Crippen LogP contribution in [0.1, 0.15) is 0 Å². The number of aromatic nitrogens is 4. The van der Waals surface area contributed by atoms with E-state index in [1.54, 1.807) is 36.5 Å². The van der Waals surface area contributed by atoms with E-state index < -0.39 is 25.4 Å². The molecule has 3 rings (SSSR count). The number of benzene rings is 1. The van der Waals surface area contributed by atoms with Crippen molar-refractivity contribution < 1.29 is 21.6 Å². The summed E-state index contributed by atoms with van der Waals surface area (Å²) in [5.41, 5.74) is 0.222. The van der Waals surface area contributed by atoms with Gasteiger partial charge in [0, 0.05) is 32.0 Å². The number of nitrogens with zero attached hydrogens (tertiary/aromatic N) is 5. The van der Waals surface area contributed by atoms with Crippen LogP contribution in [0.15, 0.2) is 60.1 Å². The van der Waals surface area contributed by atoms with E-state index in [4.69, 9.17) is 4.74 Å². The highest BCUT2D eigenvalue weighted by atomic mass is 32.2. The Hall–Kier alpha value is -3.03. The second-order valence-corrected chi connectivity index (χ2v) is 9.17. The van der Waals surface area contributed by atoms with Crippen LogP contribution in [0.2, 0.25) is 0 Å². The maximum Gasteiger partial charge on any atom is 0.323 e. The van der Waals surface area contributed by atoms with Crippen molar-refractivity contribution in [2.75, 3.05) is 18.8 Å². The van der Waals surface area contributed by atoms with Crippen LogP contribution >= 0.6 is 0 Å². The van der Waals surface area contributed by atoms with Gasteiger partial charge in [-0.25, -0.2) is 9.97 Å². The third-order valence-corrected chi connectivity index (χ3v) is 6.10. The molecule has 0 bridgehead atoms. The molecule has 0 radical (unpaired) electrons. The van der Waals surface area contributed by atoms with Crippen molar-refractivity contribution in [1.82, 2.24) is 23.5 Å². The van der Waals surface area contributed by atoms with E-state index in [9.17, 15) is 16.8 Å². The normalized spacial score (nSPS) is 12.1. The van der Waals surface area contributed by atoms with Gasteiger partial charge in [0.1, 0.15) is 12.1 Å². The predicted molar refractivity (Wildman–Crippen MR) is 99.6 cm³/mol. The van der Waals surface area contributed by atoms with Crippen LogP contribution < -0.4 is 9.46 Å². The first-order chi connectivity index (χ1) is 13.2. The number of hydrogen-bond acceptors (Lipinski definition) is 8. The van der Waals surface area contributed by atoms with Crippen molar-refractivity contribution in [3.63, 3.8) is 0 Å². The predicted octanol–water partition coefficient (Wildman–Crippen LogP) is 0.921. The molecule has 13 heteroatoms. The fourth-order valence-electron chi connectivity index (χ4n) is 1.96. The molecule has 0 aliphatic heterocycles. The van der Waals surface area contributed by atoms with Gasteiger partial charge in [-0.2, -0.15) is 21.1 Å². The molecule has 28 heavy (non-hydrogen) atoms. The second kappa shape index (κ2) is 7.53. The molecule has 0 spiro atoms. The van der Waals surface area contributed by atoms with Crippen LogP contribution in [-0.4, -0.2) is 54.4 Å². The SMILES string of the molecule is CN(C)S(=O)(=O)n1cnc(S(=O)(=O)Nc2ccc(Oc3ccccn3)cc2)n1. The van der Waals surface area contributed by atoms with Crippen LogP contribution in [0, 0.1) is 0 Å². The lowest BCUT2D eigenvalue weighted by molar-refractivity contribution is 0.463. The van der Waals surface area contributed by atoms with Gasteiger partial charge in [0.2, 0.25) is 5.88 Å². The summed E-state index contributed by atoms with van der Waals surface area (Å²) in [7, 11) is -5.56. The van der Waals surface area contributed by atoms with Crippen LogP contribution in [0.3, 0.4) is 0 Å². The number of ether oxygens (including phenoxy) is 1. The smallest absolute Gasteiger partial charge is 0.323 e. The largest absolute Gasteiger partial charge is 0.439 e. The summed E-state index contributed by atoms with van der Waals surface area (Å²) in [4.78, 5) is 7.59. The van der Waals surface area contributed by atoms with Gasteiger partial charge in [0.15, 0.2) is 0 Å². The van der Waals surface area contributed by atoms with Crippen molar-refractivity contribution >= 4 is 25.9 Å². The molecule has 2 aromatic heterocycles. The van der Waals surface area contributed by atoms with Gasteiger partial charge in [0.25, 0.3) is 15.2 Å². The summed E-state index contributed by atoms with van der Waals surface area (Å²) < 4.78 is 57.9. The van der Waals surface area contributed by atoms with Gasteiger partial charge in [-0.15, -0.1) is 9.19 Å². The third kappa shape index (κ3) is 4.27. The maximum atomic E-state index is 12.4. The average Bonchev–Trinajstić information content (AvgIpc) is 3.16. The molecule has 0 amide bonds. The monoisotopic (exact) mass is 424 g/mol. The Bertz CT molecular complexity index is 1160. The lowest BCUT2D eigenvalue weighted by Gasteiger charge is -2.09. The highest BCUT2D eigenvalue weighted by molar-refractivity contribution is 7.92. The maximum absolute atomic E-state index is 12.4. The zero-order valence-electron chi connectivity index (χ0n) is 14.8. The number of sulfonamides is 1. The average molecular weight is 424 g/mol. The van der Waals surface area contributed by atoms with Crippen molar-refractivity contribution in [2.45, 2.75) is 5.16 Å². The number of pyridine rings is 1. The van der Waals surface area contributed by atoms with Gasteiger partial charge in [-0.05, 0) is 30.3 Å². The Labute approximate surface area is 161 Å². The molecule has 11 nitrogen and oxygen atoms in total. The highest BCUT2D eigenvalue weighted by Crippen LogP contribution is 2.22. The van der Waals surface area contributed by atoms with E-state index in [1.165, 1.54) is 26.2 Å². The van der Waals surface area contributed by atoms with Crippen molar-refractivity contribution in [3.8, 4) is 11.6 Å². The summed E-state index contributed by atoms with van der Waals surface area (Å²) in [6, 6.07) is 11.3. The first kappa shape index (κ1) is 19.7. The quantitative estimate of drug-likeness (QED) is 0.591. The topological polar surface area (TPSA) is 136 Å². The molecule has 0 aliphatic carbocycles. The molecular formula is C15H16N6O5S2. The lowest BCUT2D eigenvalue weighted by Crippen LogP contribution is -2.29. The number of nitrogens with one attached hydrogen (secondary N) is 1. The van der Waals surface area contributed by atoms with E-state index in [0.29, 0.717) is 15.7 Å². The van der Waals surface area contributed by atoms with Crippen LogP contribution in [-0.2, 0) is 20.2 Å². The molecule has 0 saturated heterocycles. The third-order valence-electron chi connectivity index (χ3n) is 3.36. The molecule has 0 saturated carbocycles. The Balaban J connectivity index is 1.75. The van der Waals surface area contributed by atoms with Crippen LogP contribution in [0.4, 0.5) is 5.69 Å². The Morgan fingerprint density at radius 3 is 2.32 bits per heavy atom. The van der Waals surface area contributed by atoms with E-state index >= 15 is 0 Å². The summed E-state index contributed by atoms with van der Waals surface area (Å²) in [6.07, 6.45) is 2.40. The van der Waals surface area contributed by atoms with E-state index in [0.717, 1.165) is 10.6 Å². The molecular weight excluding hydrogens is 408 g/mol. The van der Waals surface area contributed by atoms with Crippen LogP contribution in [0.5, 0.6) is 11.6 Å². The summed E-state index contributed by atoms with van der Waals surface area (Å²) >= 11 is 0. The molecule has 0 unspecified atom stereocenters. The fourth-order valence-corrected chi connectivity index (χ4v) is 3.61. The zero-order valence-corrected chi connectivity index (χ0v) is 16.4. The van der Waals surface area contributed by atoms with Crippen molar-refractivity contribution in [3.05, 3.63) is 55.0 Å². The minimum absolute atomic E-state index is 0.222. The van der Waals surface area contributed by atoms with E-state index in [2.05, 4.69) is 19.8 Å². The summed E-state index contributed by atoms with van der Waals surface area (Å²) in [6.45, 7) is 0. The highest BCUT2D eigenvalue weighted by Gasteiger charge is 2.24. The minimum Gasteiger partial charge on any atom is -0.439 e. The van der Waals surface area contributed by atoms with Crippen molar-refractivity contribution in [2.24, 2.45) is 0 Å². The van der Waals surface area contributed by atoms with Gasteiger partial charge >= 0.3 is 10.2 Å². The Kier molecular flexibility index (Phi) is 5.31. The van der Waals surface area contributed by atoms with E-state index in [-0.39, 0.29) is 5.69 Å². The number of rotatable bonds is 7. The standard InChI is InChI=1S/C15H16N6O5S2/c1-20(2)28(24,25)21-11-17-15(18-21)27(22,23)19-12-6-8-13(9-7-12)26-14-5-3-4-10-16-14/h3-11,19H,1-2H3. The molecule has 0 fully saturated rings. The first-order valence-electron chi connectivity index (χ1n) is 7.75. The molecule has 1 aromatic carbocycles. The second-order valence-electron chi connectivity index (χ2n) is 5.59. The summed E-state index contributed by atoms with van der Waals surface area (Å²) in [5.74, 6) is 0.855. The molecule has 2 heterocycles. The number of anilines is 1. The van der Waals surface area contributed by atoms with Gasteiger partial charge in [0.05, 0.1) is 0 Å². The molecule has 0 atom stereocenters. The van der Waals surface area contributed by atoms with Crippen LogP contribution in [0.25, 0.3) is 0 Å². The van der Waals surface area contributed by atoms with Gasteiger partial charge < -0.3 is 4.74 Å².